The molecule has 130 valence electrons. The van der Waals surface area contributed by atoms with Gasteiger partial charge in [-0.25, -0.2) is 9.78 Å². The highest BCUT2D eigenvalue weighted by Crippen LogP contribution is 2.41. The topological polar surface area (TPSA) is 39.2 Å². The van der Waals surface area contributed by atoms with Crippen LogP contribution in [0, 0.1) is 0 Å². The minimum absolute atomic E-state index is 0.348. The molecule has 0 aliphatic carbocycles. The monoisotopic (exact) mass is 425 g/mol. The number of aromatic nitrogens is 1. The highest BCUT2D eigenvalue weighted by molar-refractivity contribution is 9.15. The fraction of sp³-hybridized carbons (Fsp3) is 0.0476. The Hall–Kier alpha value is -2.37. The molecule has 0 saturated carbocycles. The van der Waals surface area contributed by atoms with Crippen molar-refractivity contribution < 1.29 is 9.53 Å². The molecule has 0 radical (unpaired) electrons. The average molecular weight is 426 g/mol. The quantitative estimate of drug-likeness (QED) is 0.457. The Balaban J connectivity index is 2.14. The first-order valence-corrected chi connectivity index (χ1v) is 9.42. The van der Waals surface area contributed by atoms with E-state index in [1.807, 2.05) is 36.4 Å². The number of halogens is 1. The molecule has 3 aromatic rings. The van der Waals surface area contributed by atoms with Crippen LogP contribution in [0.2, 0.25) is 0 Å². The smallest absolute Gasteiger partial charge is 0.337 e. The maximum Gasteiger partial charge on any atom is 0.337 e. The molecular formula is C21H16BrNO2S. The van der Waals surface area contributed by atoms with Gasteiger partial charge in [0.05, 0.1) is 23.9 Å². The Kier molecular flexibility index (Phi) is 5.59. The second-order valence-corrected chi connectivity index (χ2v) is 7.49. The zero-order chi connectivity index (χ0) is 18.7. The van der Waals surface area contributed by atoms with Gasteiger partial charge in [0.25, 0.3) is 0 Å². The van der Waals surface area contributed by atoms with E-state index in [1.54, 1.807) is 30.0 Å². The van der Waals surface area contributed by atoms with Gasteiger partial charge in [0, 0.05) is 25.2 Å². The number of hydrogen-bond acceptors (Lipinski definition) is 4. The standard InChI is InChI=1S/C21H16BrNO2S/c1-4-17-19(13(2)22)20(16-7-5-6-8-18(16)23-17)26-15-11-9-14(10-12-15)21(24)25-3/h4-12H,1-2H2,3H3. The summed E-state index contributed by atoms with van der Waals surface area (Å²) in [4.78, 5) is 18.3. The first kappa shape index (κ1) is 18.4. The van der Waals surface area contributed by atoms with Crippen LogP contribution in [0.3, 0.4) is 0 Å². The third-order valence-corrected chi connectivity index (χ3v) is 5.37. The summed E-state index contributed by atoms with van der Waals surface area (Å²) < 4.78 is 5.50. The predicted octanol–water partition coefficient (Wildman–Crippen LogP) is 6.18. The summed E-state index contributed by atoms with van der Waals surface area (Å²) in [5.41, 5.74) is 3.11. The molecule has 3 nitrogen and oxygen atoms in total. The average Bonchev–Trinajstić information content (AvgIpc) is 2.67. The van der Waals surface area contributed by atoms with E-state index in [9.17, 15) is 4.79 Å². The van der Waals surface area contributed by atoms with Gasteiger partial charge < -0.3 is 4.74 Å². The lowest BCUT2D eigenvalue weighted by atomic mass is 10.1. The van der Waals surface area contributed by atoms with Crippen molar-refractivity contribution in [3.05, 3.63) is 78.5 Å². The molecule has 3 rings (SSSR count). The molecule has 1 heterocycles. The summed E-state index contributed by atoms with van der Waals surface area (Å²) in [6, 6.07) is 15.3. The van der Waals surface area contributed by atoms with Gasteiger partial charge in [-0.1, -0.05) is 59.0 Å². The lowest BCUT2D eigenvalue weighted by molar-refractivity contribution is 0.0600. The van der Waals surface area contributed by atoms with Crippen molar-refractivity contribution in [2.24, 2.45) is 0 Å². The number of esters is 1. The molecule has 0 unspecified atom stereocenters. The van der Waals surface area contributed by atoms with Gasteiger partial charge >= 0.3 is 5.97 Å². The van der Waals surface area contributed by atoms with Crippen LogP contribution in [0.1, 0.15) is 21.6 Å². The van der Waals surface area contributed by atoms with E-state index in [4.69, 9.17) is 4.74 Å². The molecule has 0 fully saturated rings. The Bertz CT molecular complexity index is 1010. The molecular weight excluding hydrogens is 410 g/mol. The highest BCUT2D eigenvalue weighted by Gasteiger charge is 2.16. The third kappa shape index (κ3) is 3.59. The molecule has 0 aliphatic heterocycles. The van der Waals surface area contributed by atoms with Crippen LogP contribution in [0.25, 0.3) is 21.5 Å². The molecule has 0 aliphatic rings. The van der Waals surface area contributed by atoms with E-state index in [1.165, 1.54) is 7.11 Å². The molecule has 0 amide bonds. The van der Waals surface area contributed by atoms with Crippen LogP contribution >= 0.6 is 27.7 Å². The number of ether oxygens (including phenoxy) is 1. The molecule has 5 heteroatoms. The van der Waals surface area contributed by atoms with E-state index in [2.05, 4.69) is 34.1 Å². The number of pyridine rings is 1. The van der Waals surface area contributed by atoms with Gasteiger partial charge in [0.2, 0.25) is 0 Å². The molecule has 0 saturated heterocycles. The minimum atomic E-state index is -0.348. The zero-order valence-electron chi connectivity index (χ0n) is 14.2. The second kappa shape index (κ2) is 7.89. The number of hydrogen-bond donors (Lipinski definition) is 0. The molecule has 0 spiro atoms. The van der Waals surface area contributed by atoms with Crippen molar-refractivity contribution in [2.75, 3.05) is 7.11 Å². The summed E-state index contributed by atoms with van der Waals surface area (Å²) in [6.45, 7) is 7.93. The molecule has 0 bridgehead atoms. The van der Waals surface area contributed by atoms with E-state index in [0.717, 1.165) is 36.4 Å². The highest BCUT2D eigenvalue weighted by atomic mass is 79.9. The van der Waals surface area contributed by atoms with Gasteiger partial charge in [-0.3, -0.25) is 0 Å². The fourth-order valence-electron chi connectivity index (χ4n) is 2.61. The van der Waals surface area contributed by atoms with Crippen LogP contribution < -0.4 is 0 Å². The first-order chi connectivity index (χ1) is 12.5. The van der Waals surface area contributed by atoms with Crippen molar-refractivity contribution in [3.8, 4) is 0 Å². The Labute approximate surface area is 164 Å². The summed E-state index contributed by atoms with van der Waals surface area (Å²) in [6.07, 6.45) is 1.73. The molecule has 2 aromatic carbocycles. The Morgan fingerprint density at radius 1 is 1.19 bits per heavy atom. The number of fused-ring (bicyclic) bond motifs is 1. The normalized spacial score (nSPS) is 10.5. The van der Waals surface area contributed by atoms with E-state index >= 15 is 0 Å². The van der Waals surface area contributed by atoms with Crippen molar-refractivity contribution in [3.63, 3.8) is 0 Å². The number of carbonyl (C=O) groups is 1. The fourth-order valence-corrected chi connectivity index (χ4v) is 4.26. The van der Waals surface area contributed by atoms with E-state index < -0.39 is 0 Å². The van der Waals surface area contributed by atoms with Gasteiger partial charge in [0.15, 0.2) is 0 Å². The Morgan fingerprint density at radius 2 is 1.88 bits per heavy atom. The summed E-state index contributed by atoms with van der Waals surface area (Å²) >= 11 is 5.11. The van der Waals surface area contributed by atoms with Crippen molar-refractivity contribution in [2.45, 2.75) is 9.79 Å². The molecule has 0 atom stereocenters. The number of benzene rings is 2. The van der Waals surface area contributed by atoms with Crippen molar-refractivity contribution in [1.29, 1.82) is 0 Å². The SMILES string of the molecule is C=Cc1nc2ccccc2c(Sc2ccc(C(=O)OC)cc2)c1C(=C)Br. The van der Waals surface area contributed by atoms with Gasteiger partial charge in [0.1, 0.15) is 0 Å². The summed E-state index contributed by atoms with van der Waals surface area (Å²) in [5.74, 6) is -0.348. The molecule has 26 heavy (non-hydrogen) atoms. The lowest BCUT2D eigenvalue weighted by Crippen LogP contribution is -2.00. The van der Waals surface area contributed by atoms with Crippen LogP contribution in [0.5, 0.6) is 0 Å². The minimum Gasteiger partial charge on any atom is -0.465 e. The van der Waals surface area contributed by atoms with Gasteiger partial charge in [-0.15, -0.1) is 0 Å². The third-order valence-electron chi connectivity index (χ3n) is 3.83. The summed E-state index contributed by atoms with van der Waals surface area (Å²) in [7, 11) is 1.37. The van der Waals surface area contributed by atoms with Gasteiger partial charge in [-0.05, 0) is 36.4 Å². The second-order valence-electron chi connectivity index (χ2n) is 5.45. The van der Waals surface area contributed by atoms with Crippen LogP contribution in [0.4, 0.5) is 0 Å². The van der Waals surface area contributed by atoms with Crippen LogP contribution in [-0.2, 0) is 4.74 Å². The largest absolute Gasteiger partial charge is 0.465 e. The van der Waals surface area contributed by atoms with Gasteiger partial charge in [-0.2, -0.15) is 0 Å². The van der Waals surface area contributed by atoms with Crippen molar-refractivity contribution in [1.82, 2.24) is 4.98 Å². The van der Waals surface area contributed by atoms with E-state index in [0.29, 0.717) is 5.56 Å². The number of para-hydroxylation sites is 1. The van der Waals surface area contributed by atoms with E-state index in [-0.39, 0.29) is 5.97 Å². The first-order valence-electron chi connectivity index (χ1n) is 7.81. The maximum absolute atomic E-state index is 11.6. The number of methoxy groups -OCH3 is 1. The van der Waals surface area contributed by atoms with Crippen LogP contribution in [-0.4, -0.2) is 18.1 Å². The number of carbonyl (C=O) groups excluding carboxylic acids is 1. The number of nitrogens with zero attached hydrogens (tertiary/aromatic N) is 1. The zero-order valence-corrected chi connectivity index (χ0v) is 16.6. The predicted molar refractivity (Wildman–Crippen MR) is 112 cm³/mol. The maximum atomic E-state index is 11.6. The lowest BCUT2D eigenvalue weighted by Gasteiger charge is -2.15. The Morgan fingerprint density at radius 3 is 2.50 bits per heavy atom. The molecule has 0 N–H and O–H groups in total. The summed E-state index contributed by atoms with van der Waals surface area (Å²) in [5, 5.41) is 1.04. The van der Waals surface area contributed by atoms with Crippen LogP contribution in [0.15, 0.2) is 71.5 Å². The number of rotatable bonds is 5. The molecule has 1 aromatic heterocycles. The van der Waals surface area contributed by atoms with Crippen molar-refractivity contribution >= 4 is 55.1 Å².